The first-order valence-electron chi connectivity index (χ1n) is 8.34. The Balaban J connectivity index is 4.47. The molecule has 0 saturated heterocycles. The highest BCUT2D eigenvalue weighted by atomic mass is 16.6. The fourth-order valence-corrected chi connectivity index (χ4v) is 1.90. The number of alkyl carbamates (subject to hydrolysis) is 1. The molecule has 0 heterocycles. The van der Waals surface area contributed by atoms with Gasteiger partial charge in [-0.15, -0.1) is 0 Å². The molecular formula is C16H30N4O5. The van der Waals surface area contributed by atoms with E-state index in [4.69, 9.17) is 4.74 Å². The molecule has 4 N–H and O–H groups in total. The Hall–Kier alpha value is -2.32. The molecule has 0 aliphatic heterocycles. The molecule has 1 unspecified atom stereocenters. The van der Waals surface area contributed by atoms with Crippen molar-refractivity contribution >= 4 is 24.3 Å². The van der Waals surface area contributed by atoms with E-state index >= 15 is 0 Å². The van der Waals surface area contributed by atoms with Crippen molar-refractivity contribution in [3.05, 3.63) is 0 Å². The van der Waals surface area contributed by atoms with Crippen LogP contribution in [0.2, 0.25) is 0 Å². The van der Waals surface area contributed by atoms with Crippen LogP contribution in [0.4, 0.5) is 4.79 Å². The van der Waals surface area contributed by atoms with Crippen molar-refractivity contribution in [2.45, 2.75) is 58.6 Å². The van der Waals surface area contributed by atoms with Crippen molar-refractivity contribution in [1.29, 1.82) is 0 Å². The molecule has 0 radical (unpaired) electrons. The Labute approximate surface area is 148 Å². The second kappa shape index (κ2) is 12.1. The predicted molar refractivity (Wildman–Crippen MR) is 92.8 cm³/mol. The maximum atomic E-state index is 12.2. The molecule has 0 rings (SSSR count). The number of ether oxygens (including phenoxy) is 1. The van der Waals surface area contributed by atoms with Crippen molar-refractivity contribution in [2.24, 2.45) is 0 Å². The number of hydrogen-bond acceptors (Lipinski definition) is 5. The Bertz CT molecular complexity index is 448. The van der Waals surface area contributed by atoms with Gasteiger partial charge in [0.2, 0.25) is 18.2 Å². The maximum absolute atomic E-state index is 12.2. The first-order valence-corrected chi connectivity index (χ1v) is 8.34. The average molecular weight is 358 g/mol. The van der Waals surface area contributed by atoms with Crippen LogP contribution in [0.3, 0.4) is 0 Å². The van der Waals surface area contributed by atoms with Gasteiger partial charge in [0.15, 0.2) is 0 Å². The van der Waals surface area contributed by atoms with Gasteiger partial charge in [-0.25, -0.2) is 4.79 Å². The standard InChI is InChI=1S/C16H30N4O5/c1-12(22)18-8-6-5-7-13(14(23)19-10-9-17-11-21)20-15(24)25-16(2,3)4/h11,13H,5-10H2,1-4H3,(H,17,21)(H,18,22)(H,19,23)(H,20,24). The smallest absolute Gasteiger partial charge is 0.408 e. The van der Waals surface area contributed by atoms with E-state index in [0.717, 1.165) is 0 Å². The van der Waals surface area contributed by atoms with Crippen molar-refractivity contribution in [2.75, 3.05) is 19.6 Å². The predicted octanol–water partition coefficient (Wildman–Crippen LogP) is 0.0483. The Morgan fingerprint density at radius 1 is 1.04 bits per heavy atom. The van der Waals surface area contributed by atoms with Gasteiger partial charge in [-0.2, -0.15) is 0 Å². The maximum Gasteiger partial charge on any atom is 0.408 e. The number of unbranched alkanes of at least 4 members (excludes halogenated alkanes) is 1. The monoisotopic (exact) mass is 358 g/mol. The van der Waals surface area contributed by atoms with Gasteiger partial charge in [-0.1, -0.05) is 0 Å². The van der Waals surface area contributed by atoms with Crippen LogP contribution in [0.15, 0.2) is 0 Å². The molecule has 0 bridgehead atoms. The quantitative estimate of drug-likeness (QED) is 0.307. The number of carbonyl (C=O) groups excluding carboxylic acids is 4. The molecule has 25 heavy (non-hydrogen) atoms. The fraction of sp³-hybridized carbons (Fsp3) is 0.750. The van der Waals surface area contributed by atoms with Gasteiger partial charge in [0.25, 0.3) is 0 Å². The highest BCUT2D eigenvalue weighted by molar-refractivity contribution is 5.85. The van der Waals surface area contributed by atoms with Gasteiger partial charge in [0.05, 0.1) is 0 Å². The molecule has 9 heteroatoms. The van der Waals surface area contributed by atoms with Crippen molar-refractivity contribution in [3.8, 4) is 0 Å². The van der Waals surface area contributed by atoms with E-state index in [9.17, 15) is 19.2 Å². The highest BCUT2D eigenvalue weighted by Crippen LogP contribution is 2.08. The van der Waals surface area contributed by atoms with Gasteiger partial charge < -0.3 is 26.0 Å². The average Bonchev–Trinajstić information content (AvgIpc) is 2.47. The molecule has 0 aliphatic rings. The zero-order chi connectivity index (χ0) is 19.3. The van der Waals surface area contributed by atoms with Crippen molar-refractivity contribution in [3.63, 3.8) is 0 Å². The topological polar surface area (TPSA) is 126 Å². The van der Waals surface area contributed by atoms with Crippen LogP contribution in [0.25, 0.3) is 0 Å². The fourth-order valence-electron chi connectivity index (χ4n) is 1.90. The first kappa shape index (κ1) is 22.7. The highest BCUT2D eigenvalue weighted by Gasteiger charge is 2.23. The third-order valence-electron chi connectivity index (χ3n) is 2.95. The minimum atomic E-state index is -0.747. The van der Waals surface area contributed by atoms with E-state index in [1.807, 2.05) is 0 Å². The number of nitrogens with one attached hydrogen (secondary N) is 4. The van der Waals surface area contributed by atoms with Gasteiger partial charge in [0, 0.05) is 26.6 Å². The third-order valence-corrected chi connectivity index (χ3v) is 2.95. The minimum absolute atomic E-state index is 0.108. The molecule has 0 spiro atoms. The first-order chi connectivity index (χ1) is 11.7. The molecule has 4 amide bonds. The Morgan fingerprint density at radius 3 is 2.28 bits per heavy atom. The Morgan fingerprint density at radius 2 is 1.72 bits per heavy atom. The molecule has 0 aromatic heterocycles. The van der Waals surface area contributed by atoms with Crippen LogP contribution in [0, 0.1) is 0 Å². The molecule has 0 fully saturated rings. The van der Waals surface area contributed by atoms with E-state index in [0.29, 0.717) is 38.8 Å². The van der Waals surface area contributed by atoms with E-state index < -0.39 is 17.7 Å². The van der Waals surface area contributed by atoms with Crippen LogP contribution in [-0.4, -0.2) is 55.6 Å². The molecule has 0 aliphatic carbocycles. The van der Waals surface area contributed by atoms with E-state index in [1.54, 1.807) is 20.8 Å². The van der Waals surface area contributed by atoms with Gasteiger partial charge >= 0.3 is 6.09 Å². The summed E-state index contributed by atoms with van der Waals surface area (Å²) in [6.45, 7) is 7.72. The van der Waals surface area contributed by atoms with Crippen LogP contribution < -0.4 is 21.3 Å². The van der Waals surface area contributed by atoms with E-state index in [-0.39, 0.29) is 18.4 Å². The number of rotatable bonds is 11. The summed E-state index contributed by atoms with van der Waals surface area (Å²) in [5.41, 5.74) is -0.662. The van der Waals surface area contributed by atoms with Gasteiger partial charge in [-0.3, -0.25) is 14.4 Å². The van der Waals surface area contributed by atoms with Crippen LogP contribution in [0.5, 0.6) is 0 Å². The molecule has 144 valence electrons. The summed E-state index contributed by atoms with van der Waals surface area (Å²) in [7, 11) is 0. The van der Waals surface area contributed by atoms with E-state index in [2.05, 4.69) is 21.3 Å². The number of hydrogen-bond donors (Lipinski definition) is 4. The third kappa shape index (κ3) is 13.8. The lowest BCUT2D eigenvalue weighted by molar-refractivity contribution is -0.123. The second-order valence-electron chi connectivity index (χ2n) is 6.54. The second-order valence-corrected chi connectivity index (χ2v) is 6.54. The zero-order valence-electron chi connectivity index (χ0n) is 15.4. The molecule has 0 saturated carbocycles. The molecular weight excluding hydrogens is 328 g/mol. The lowest BCUT2D eigenvalue weighted by Gasteiger charge is -2.23. The summed E-state index contributed by atoms with van der Waals surface area (Å²) in [4.78, 5) is 45.1. The summed E-state index contributed by atoms with van der Waals surface area (Å²) in [6.07, 6.45) is 1.61. The summed E-state index contributed by atoms with van der Waals surface area (Å²) in [5.74, 6) is -0.457. The molecule has 9 nitrogen and oxygen atoms in total. The lowest BCUT2D eigenvalue weighted by Crippen LogP contribution is -2.49. The summed E-state index contributed by atoms with van der Waals surface area (Å²) in [6, 6.07) is -0.747. The zero-order valence-corrected chi connectivity index (χ0v) is 15.4. The summed E-state index contributed by atoms with van der Waals surface area (Å²) >= 11 is 0. The Kier molecular flexibility index (Phi) is 11.0. The molecule has 0 aromatic rings. The van der Waals surface area contributed by atoms with Crippen molar-refractivity contribution < 1.29 is 23.9 Å². The number of carbonyl (C=O) groups is 4. The largest absolute Gasteiger partial charge is 0.444 e. The minimum Gasteiger partial charge on any atom is -0.444 e. The van der Waals surface area contributed by atoms with Crippen LogP contribution >= 0.6 is 0 Å². The van der Waals surface area contributed by atoms with Crippen molar-refractivity contribution in [1.82, 2.24) is 21.3 Å². The van der Waals surface area contributed by atoms with Crippen LogP contribution in [0.1, 0.15) is 47.0 Å². The molecule has 1 atom stereocenters. The normalized spacial score (nSPS) is 11.8. The summed E-state index contributed by atoms with van der Waals surface area (Å²) < 4.78 is 5.17. The lowest BCUT2D eigenvalue weighted by atomic mass is 10.1. The molecule has 0 aromatic carbocycles. The van der Waals surface area contributed by atoms with Gasteiger partial charge in [-0.05, 0) is 40.0 Å². The summed E-state index contributed by atoms with van der Waals surface area (Å²) in [5, 5.41) is 10.3. The van der Waals surface area contributed by atoms with Crippen LogP contribution in [-0.2, 0) is 19.1 Å². The van der Waals surface area contributed by atoms with Gasteiger partial charge in [0.1, 0.15) is 11.6 Å². The number of amides is 4. The van der Waals surface area contributed by atoms with E-state index in [1.165, 1.54) is 6.92 Å². The SMILES string of the molecule is CC(=O)NCCCCC(NC(=O)OC(C)(C)C)C(=O)NCCNC=O.